The van der Waals surface area contributed by atoms with Crippen LogP contribution in [0.5, 0.6) is 5.75 Å². The van der Waals surface area contributed by atoms with Crippen molar-refractivity contribution in [2.24, 2.45) is 5.73 Å². The van der Waals surface area contributed by atoms with Crippen molar-refractivity contribution in [1.82, 2.24) is 0 Å². The number of rotatable bonds is 4. The first-order chi connectivity index (χ1) is 7.81. The summed E-state index contributed by atoms with van der Waals surface area (Å²) < 4.78 is 5.96. The van der Waals surface area contributed by atoms with Crippen molar-refractivity contribution in [3.63, 3.8) is 0 Å². The normalized spacial score (nSPS) is 23.6. The molecule has 1 aliphatic rings. The van der Waals surface area contributed by atoms with Gasteiger partial charge in [0, 0.05) is 18.0 Å². The predicted octanol–water partition coefficient (Wildman–Crippen LogP) is 2.98. The third-order valence-corrected chi connectivity index (χ3v) is 3.70. The molecule has 0 aliphatic carbocycles. The lowest BCUT2D eigenvalue weighted by molar-refractivity contribution is 0.149. The van der Waals surface area contributed by atoms with E-state index < -0.39 is 0 Å². The Morgan fingerprint density at radius 3 is 3.06 bits per heavy atom. The standard InChI is InChI=1S/C13H19NOS/c1-16-8-4-5-10-9-12(14)11-6-2-3-7-13(11)15-10/h2-3,6-7,10,12H,4-5,8-9,14H2,1H3/t10?,12-/m0/s1. The van der Waals surface area contributed by atoms with Gasteiger partial charge in [-0.25, -0.2) is 0 Å². The summed E-state index contributed by atoms with van der Waals surface area (Å²) in [4.78, 5) is 0. The van der Waals surface area contributed by atoms with Gasteiger partial charge in [-0.2, -0.15) is 11.8 Å². The molecule has 0 bridgehead atoms. The van der Waals surface area contributed by atoms with Crippen molar-refractivity contribution in [1.29, 1.82) is 0 Å². The molecule has 0 aromatic heterocycles. The number of fused-ring (bicyclic) bond motifs is 1. The van der Waals surface area contributed by atoms with Gasteiger partial charge in [0.2, 0.25) is 0 Å². The lowest BCUT2D eigenvalue weighted by atomic mass is 9.95. The fraction of sp³-hybridized carbons (Fsp3) is 0.538. The van der Waals surface area contributed by atoms with Crippen LogP contribution < -0.4 is 10.5 Å². The summed E-state index contributed by atoms with van der Waals surface area (Å²) in [6.07, 6.45) is 5.72. The van der Waals surface area contributed by atoms with Gasteiger partial charge in [0.15, 0.2) is 0 Å². The molecule has 0 saturated carbocycles. The van der Waals surface area contributed by atoms with Gasteiger partial charge in [-0.15, -0.1) is 0 Å². The number of thioether (sulfide) groups is 1. The molecule has 0 fully saturated rings. The third-order valence-electron chi connectivity index (χ3n) is 3.00. The van der Waals surface area contributed by atoms with Crippen molar-refractivity contribution in [2.45, 2.75) is 31.4 Å². The predicted molar refractivity (Wildman–Crippen MR) is 70.0 cm³/mol. The third kappa shape index (κ3) is 2.71. The first-order valence-corrected chi connectivity index (χ1v) is 7.20. The minimum Gasteiger partial charge on any atom is -0.490 e. The molecule has 0 spiro atoms. The van der Waals surface area contributed by atoms with E-state index in [1.165, 1.54) is 12.2 Å². The molecule has 0 saturated heterocycles. The molecule has 2 rings (SSSR count). The van der Waals surface area contributed by atoms with E-state index in [-0.39, 0.29) is 6.04 Å². The Balaban J connectivity index is 1.98. The first kappa shape index (κ1) is 11.8. The molecular weight excluding hydrogens is 218 g/mol. The van der Waals surface area contributed by atoms with Crippen molar-refractivity contribution >= 4 is 11.8 Å². The van der Waals surface area contributed by atoms with Crippen LogP contribution in [0.25, 0.3) is 0 Å². The van der Waals surface area contributed by atoms with Crippen LogP contribution in [0.4, 0.5) is 0 Å². The zero-order chi connectivity index (χ0) is 11.4. The van der Waals surface area contributed by atoms with Crippen molar-refractivity contribution in [2.75, 3.05) is 12.0 Å². The molecule has 1 aromatic carbocycles. The van der Waals surface area contributed by atoms with E-state index in [2.05, 4.69) is 12.3 Å². The number of hydrogen-bond donors (Lipinski definition) is 1. The van der Waals surface area contributed by atoms with Crippen LogP contribution in [0.15, 0.2) is 24.3 Å². The van der Waals surface area contributed by atoms with Gasteiger partial charge in [-0.1, -0.05) is 18.2 Å². The van der Waals surface area contributed by atoms with Gasteiger partial charge in [0.25, 0.3) is 0 Å². The van der Waals surface area contributed by atoms with Gasteiger partial charge in [-0.3, -0.25) is 0 Å². The molecule has 2 N–H and O–H groups in total. The minimum absolute atomic E-state index is 0.143. The van der Waals surface area contributed by atoms with Crippen molar-refractivity contribution in [3.8, 4) is 5.75 Å². The highest BCUT2D eigenvalue weighted by molar-refractivity contribution is 7.98. The molecule has 88 valence electrons. The maximum Gasteiger partial charge on any atom is 0.124 e. The topological polar surface area (TPSA) is 35.2 Å². The molecule has 2 atom stereocenters. The summed E-state index contributed by atoms with van der Waals surface area (Å²) in [7, 11) is 0. The second kappa shape index (κ2) is 5.60. The fourth-order valence-corrected chi connectivity index (χ4v) is 2.62. The molecular formula is C13H19NOS. The molecule has 1 aromatic rings. The molecule has 0 amide bonds. The van der Waals surface area contributed by atoms with Crippen molar-refractivity contribution in [3.05, 3.63) is 29.8 Å². The zero-order valence-electron chi connectivity index (χ0n) is 9.69. The van der Waals surface area contributed by atoms with Crippen LogP contribution in [-0.2, 0) is 0 Å². The van der Waals surface area contributed by atoms with Gasteiger partial charge in [-0.05, 0) is 30.9 Å². The Morgan fingerprint density at radius 2 is 2.25 bits per heavy atom. The van der Waals surface area contributed by atoms with Crippen LogP contribution in [0.3, 0.4) is 0 Å². The SMILES string of the molecule is CSCCCC1C[C@H](N)c2ccccc2O1. The van der Waals surface area contributed by atoms with Gasteiger partial charge in [0.05, 0.1) is 0 Å². The first-order valence-electron chi connectivity index (χ1n) is 5.81. The molecule has 2 nitrogen and oxygen atoms in total. The van der Waals surface area contributed by atoms with Crippen LogP contribution in [0, 0.1) is 0 Å². The van der Waals surface area contributed by atoms with Crippen LogP contribution in [0.2, 0.25) is 0 Å². The smallest absolute Gasteiger partial charge is 0.124 e. The molecule has 1 heterocycles. The van der Waals surface area contributed by atoms with Gasteiger partial charge in [0.1, 0.15) is 11.9 Å². The Labute approximate surface area is 102 Å². The highest BCUT2D eigenvalue weighted by atomic mass is 32.2. The summed E-state index contributed by atoms with van der Waals surface area (Å²) in [6, 6.07) is 8.27. The zero-order valence-corrected chi connectivity index (χ0v) is 10.5. The highest BCUT2D eigenvalue weighted by Gasteiger charge is 2.24. The molecule has 0 radical (unpaired) electrons. The van der Waals surface area contributed by atoms with Crippen LogP contribution in [0.1, 0.15) is 30.9 Å². The monoisotopic (exact) mass is 237 g/mol. The van der Waals surface area contributed by atoms with E-state index in [1.807, 2.05) is 30.0 Å². The maximum absolute atomic E-state index is 6.16. The van der Waals surface area contributed by atoms with Crippen LogP contribution >= 0.6 is 11.8 Å². The summed E-state index contributed by atoms with van der Waals surface area (Å²) in [6.45, 7) is 0. The Kier molecular flexibility index (Phi) is 4.13. The van der Waals surface area contributed by atoms with E-state index in [1.54, 1.807) is 0 Å². The number of para-hydroxylation sites is 1. The van der Waals surface area contributed by atoms with Gasteiger partial charge >= 0.3 is 0 Å². The van der Waals surface area contributed by atoms with E-state index in [9.17, 15) is 0 Å². The summed E-state index contributed by atoms with van der Waals surface area (Å²) in [5.74, 6) is 2.19. The van der Waals surface area contributed by atoms with Crippen LogP contribution in [-0.4, -0.2) is 18.1 Å². The minimum atomic E-state index is 0.143. The maximum atomic E-state index is 6.16. The molecule has 16 heavy (non-hydrogen) atoms. The molecule has 3 heteroatoms. The molecule has 1 unspecified atom stereocenters. The number of hydrogen-bond acceptors (Lipinski definition) is 3. The van der Waals surface area contributed by atoms with E-state index in [4.69, 9.17) is 10.5 Å². The number of nitrogens with two attached hydrogens (primary N) is 1. The van der Waals surface area contributed by atoms with E-state index in [0.29, 0.717) is 6.10 Å². The average Bonchev–Trinajstić information content (AvgIpc) is 2.30. The largest absolute Gasteiger partial charge is 0.490 e. The Hall–Kier alpha value is -0.670. The fourth-order valence-electron chi connectivity index (χ4n) is 2.16. The van der Waals surface area contributed by atoms with Gasteiger partial charge < -0.3 is 10.5 Å². The molecule has 1 aliphatic heterocycles. The summed E-state index contributed by atoms with van der Waals surface area (Å²) in [5, 5.41) is 0. The number of ether oxygens (including phenoxy) is 1. The summed E-state index contributed by atoms with van der Waals surface area (Å²) in [5.41, 5.74) is 7.31. The Bertz CT molecular complexity index is 342. The van der Waals surface area contributed by atoms with E-state index in [0.717, 1.165) is 24.2 Å². The Morgan fingerprint density at radius 1 is 1.44 bits per heavy atom. The lowest BCUT2D eigenvalue weighted by Gasteiger charge is -2.30. The van der Waals surface area contributed by atoms with Crippen molar-refractivity contribution < 1.29 is 4.74 Å². The summed E-state index contributed by atoms with van der Waals surface area (Å²) >= 11 is 1.89. The quantitative estimate of drug-likeness (QED) is 0.818. The number of benzene rings is 1. The second-order valence-electron chi connectivity index (χ2n) is 4.25. The van der Waals surface area contributed by atoms with E-state index >= 15 is 0 Å². The lowest BCUT2D eigenvalue weighted by Crippen LogP contribution is -2.29. The second-order valence-corrected chi connectivity index (χ2v) is 5.24. The average molecular weight is 237 g/mol. The highest BCUT2D eigenvalue weighted by Crippen LogP contribution is 2.34.